The fourth-order valence-corrected chi connectivity index (χ4v) is 4.44. The summed E-state index contributed by atoms with van der Waals surface area (Å²) < 4.78 is 5.10. The molecule has 0 heterocycles. The molecule has 1 N–H and O–H groups in total. The molecular weight excluding hydrogens is 382 g/mol. The van der Waals surface area contributed by atoms with E-state index >= 15 is 0 Å². The second-order valence-corrected chi connectivity index (χ2v) is 7.83. The third-order valence-electron chi connectivity index (χ3n) is 4.40. The minimum absolute atomic E-state index is 0.0744. The van der Waals surface area contributed by atoms with Gasteiger partial charge in [0.2, 0.25) is 5.91 Å². The van der Waals surface area contributed by atoms with E-state index in [1.54, 1.807) is 32.2 Å². The molecule has 0 aliphatic rings. The van der Waals surface area contributed by atoms with Gasteiger partial charge in [-0.25, -0.2) is 0 Å². The average molecular weight is 406 g/mol. The summed E-state index contributed by atoms with van der Waals surface area (Å²) >= 11 is 7.60. The van der Waals surface area contributed by atoms with E-state index in [0.29, 0.717) is 28.0 Å². The van der Waals surface area contributed by atoms with Crippen molar-refractivity contribution in [2.75, 3.05) is 18.2 Å². The van der Waals surface area contributed by atoms with Crippen LogP contribution in [0.1, 0.15) is 39.5 Å². The summed E-state index contributed by atoms with van der Waals surface area (Å²) in [4.78, 5) is 24.1. The number of hydrogen-bond donors (Lipinski definition) is 1. The number of methoxy groups -OCH3 is 1. The van der Waals surface area contributed by atoms with Crippen LogP contribution in [0.5, 0.6) is 5.75 Å². The highest BCUT2D eigenvalue weighted by atomic mass is 35.5. The van der Waals surface area contributed by atoms with Crippen molar-refractivity contribution in [1.29, 1.82) is 0 Å². The molecule has 0 spiro atoms. The maximum atomic E-state index is 12.2. The number of amides is 1. The van der Waals surface area contributed by atoms with E-state index in [-0.39, 0.29) is 11.7 Å². The Balaban J connectivity index is 2.00. The first-order chi connectivity index (χ1) is 12.7. The summed E-state index contributed by atoms with van der Waals surface area (Å²) in [5.74, 6) is 1.53. The molecule has 0 saturated carbocycles. The van der Waals surface area contributed by atoms with E-state index in [4.69, 9.17) is 16.3 Å². The number of ketones is 1. The van der Waals surface area contributed by atoms with Crippen molar-refractivity contribution in [1.82, 2.24) is 0 Å². The van der Waals surface area contributed by atoms with Crippen molar-refractivity contribution in [2.45, 2.75) is 33.4 Å². The zero-order valence-corrected chi connectivity index (χ0v) is 17.8. The maximum Gasteiger partial charge on any atom is 0.234 e. The Morgan fingerprint density at radius 3 is 2.44 bits per heavy atom. The second kappa shape index (κ2) is 9.29. The highest BCUT2D eigenvalue weighted by molar-refractivity contribution is 7.99. The lowest BCUT2D eigenvalue weighted by Gasteiger charge is -2.15. The molecule has 144 valence electrons. The lowest BCUT2D eigenvalue weighted by molar-refractivity contribution is -0.113. The Labute approximate surface area is 169 Å². The van der Waals surface area contributed by atoms with Gasteiger partial charge < -0.3 is 10.1 Å². The summed E-state index contributed by atoms with van der Waals surface area (Å²) in [6.45, 7) is 7.57. The fourth-order valence-electron chi connectivity index (χ4n) is 3.18. The van der Waals surface area contributed by atoms with Crippen molar-refractivity contribution in [3.8, 4) is 5.75 Å². The molecule has 0 atom stereocenters. The molecule has 0 fully saturated rings. The number of anilines is 1. The van der Waals surface area contributed by atoms with Gasteiger partial charge in [-0.15, -0.1) is 11.8 Å². The lowest BCUT2D eigenvalue weighted by Crippen LogP contribution is -2.14. The third kappa shape index (κ3) is 5.27. The van der Waals surface area contributed by atoms with Gasteiger partial charge in [-0.05, 0) is 68.1 Å². The predicted molar refractivity (Wildman–Crippen MR) is 113 cm³/mol. The molecular formula is C21H24ClNO3S. The molecule has 4 nitrogen and oxygen atoms in total. The molecule has 2 rings (SSSR count). The summed E-state index contributed by atoms with van der Waals surface area (Å²) in [6, 6.07) is 7.17. The number of Topliss-reactive ketones (excluding diaryl/α,β-unsaturated/α-hetero) is 1. The largest absolute Gasteiger partial charge is 0.495 e. The van der Waals surface area contributed by atoms with Gasteiger partial charge in [0.1, 0.15) is 5.75 Å². The predicted octanol–water partition coefficient (Wildman–Crippen LogP) is 5.35. The van der Waals surface area contributed by atoms with Crippen LogP contribution >= 0.6 is 23.4 Å². The van der Waals surface area contributed by atoms with E-state index in [1.165, 1.54) is 11.8 Å². The van der Waals surface area contributed by atoms with Crippen LogP contribution in [0.2, 0.25) is 5.02 Å². The Morgan fingerprint density at radius 2 is 1.85 bits per heavy atom. The Bertz CT molecular complexity index is 880. The van der Waals surface area contributed by atoms with Crippen molar-refractivity contribution >= 4 is 40.7 Å². The lowest BCUT2D eigenvalue weighted by atomic mass is 9.92. The van der Waals surface area contributed by atoms with Gasteiger partial charge in [-0.2, -0.15) is 0 Å². The summed E-state index contributed by atoms with van der Waals surface area (Å²) in [6.07, 6.45) is 0. The Kier molecular flexibility index (Phi) is 7.33. The number of thioether (sulfide) groups is 1. The third-order valence-corrected chi connectivity index (χ3v) is 5.65. The van der Waals surface area contributed by atoms with Gasteiger partial charge in [0.25, 0.3) is 0 Å². The smallest absolute Gasteiger partial charge is 0.234 e. The first-order valence-electron chi connectivity index (χ1n) is 8.56. The highest BCUT2D eigenvalue weighted by Gasteiger charge is 2.15. The average Bonchev–Trinajstić information content (AvgIpc) is 2.57. The molecule has 2 aromatic carbocycles. The van der Waals surface area contributed by atoms with Gasteiger partial charge in [0.05, 0.1) is 17.9 Å². The molecule has 0 saturated heterocycles. The topological polar surface area (TPSA) is 55.4 Å². The molecule has 0 bridgehead atoms. The molecule has 1 amide bonds. The highest BCUT2D eigenvalue weighted by Crippen LogP contribution is 2.28. The number of halogens is 1. The van der Waals surface area contributed by atoms with Gasteiger partial charge >= 0.3 is 0 Å². The number of nitrogens with one attached hydrogen (secondary N) is 1. The number of benzene rings is 2. The van der Waals surface area contributed by atoms with Gasteiger partial charge in [-0.1, -0.05) is 17.7 Å². The van der Waals surface area contributed by atoms with Gasteiger partial charge in [0, 0.05) is 17.0 Å². The zero-order chi connectivity index (χ0) is 20.1. The Morgan fingerprint density at radius 1 is 1.15 bits per heavy atom. The number of hydrogen-bond acceptors (Lipinski definition) is 4. The quantitative estimate of drug-likeness (QED) is 0.631. The summed E-state index contributed by atoms with van der Waals surface area (Å²) in [7, 11) is 1.54. The zero-order valence-electron chi connectivity index (χ0n) is 16.2. The fraction of sp³-hybridized carbons (Fsp3) is 0.333. The maximum absolute atomic E-state index is 12.2. The van der Waals surface area contributed by atoms with Crippen LogP contribution < -0.4 is 10.1 Å². The van der Waals surface area contributed by atoms with Crippen molar-refractivity contribution in [2.24, 2.45) is 0 Å². The summed E-state index contributed by atoms with van der Waals surface area (Å²) in [5.41, 5.74) is 5.69. The van der Waals surface area contributed by atoms with E-state index in [1.807, 2.05) is 26.8 Å². The van der Waals surface area contributed by atoms with Crippen LogP contribution in [0.15, 0.2) is 24.3 Å². The van der Waals surface area contributed by atoms with E-state index < -0.39 is 0 Å². The van der Waals surface area contributed by atoms with Crippen LogP contribution in [0.4, 0.5) is 5.69 Å². The first kappa shape index (κ1) is 21.3. The number of carbonyl (C=O) groups is 2. The molecule has 0 aliphatic carbocycles. The Hall–Kier alpha value is -1.98. The summed E-state index contributed by atoms with van der Waals surface area (Å²) in [5, 5.41) is 3.28. The number of aryl methyl sites for hydroxylation is 2. The standard InChI is InChI=1S/C21H24ClNO3S/c1-12-8-13(2)21(15(4)24)14(3)17(12)10-27-11-20(25)23-16-6-7-19(26-5)18(22)9-16/h6-9H,10-11H2,1-5H3,(H,23,25). The molecule has 0 radical (unpaired) electrons. The second-order valence-electron chi connectivity index (χ2n) is 6.44. The van der Waals surface area contributed by atoms with Crippen LogP contribution in [0.3, 0.4) is 0 Å². The molecule has 2 aromatic rings. The molecule has 0 unspecified atom stereocenters. The van der Waals surface area contributed by atoms with E-state index in [9.17, 15) is 9.59 Å². The first-order valence-corrected chi connectivity index (χ1v) is 10.1. The minimum atomic E-state index is -0.101. The van der Waals surface area contributed by atoms with Gasteiger partial charge in [0.15, 0.2) is 5.78 Å². The molecule has 0 aromatic heterocycles. The molecule has 27 heavy (non-hydrogen) atoms. The van der Waals surface area contributed by atoms with E-state index in [0.717, 1.165) is 27.8 Å². The monoisotopic (exact) mass is 405 g/mol. The van der Waals surface area contributed by atoms with Crippen molar-refractivity contribution in [3.63, 3.8) is 0 Å². The molecule has 6 heteroatoms. The van der Waals surface area contributed by atoms with Crippen LogP contribution in [0, 0.1) is 20.8 Å². The SMILES string of the molecule is COc1ccc(NC(=O)CSCc2c(C)cc(C)c(C(C)=O)c2C)cc1Cl. The molecule has 0 aliphatic heterocycles. The van der Waals surface area contributed by atoms with E-state index in [2.05, 4.69) is 5.32 Å². The van der Waals surface area contributed by atoms with Crippen LogP contribution in [-0.2, 0) is 10.5 Å². The number of ether oxygens (including phenoxy) is 1. The number of rotatable bonds is 7. The number of carbonyl (C=O) groups excluding carboxylic acids is 2. The van der Waals surface area contributed by atoms with Crippen molar-refractivity contribution in [3.05, 3.63) is 57.1 Å². The minimum Gasteiger partial charge on any atom is -0.495 e. The van der Waals surface area contributed by atoms with Crippen LogP contribution in [0.25, 0.3) is 0 Å². The van der Waals surface area contributed by atoms with Crippen molar-refractivity contribution < 1.29 is 14.3 Å². The normalized spacial score (nSPS) is 10.6. The van der Waals surface area contributed by atoms with Crippen LogP contribution in [-0.4, -0.2) is 24.6 Å². The van der Waals surface area contributed by atoms with Gasteiger partial charge in [-0.3, -0.25) is 9.59 Å².